The van der Waals surface area contributed by atoms with Crippen LogP contribution in [0.15, 0.2) is 24.3 Å². The highest BCUT2D eigenvalue weighted by molar-refractivity contribution is 5.69. The smallest absolute Gasteiger partial charge is 0.410 e. The van der Waals surface area contributed by atoms with Crippen molar-refractivity contribution >= 4 is 11.8 Å². The van der Waals surface area contributed by atoms with Gasteiger partial charge < -0.3 is 25.0 Å². The number of amides is 1. The first-order chi connectivity index (χ1) is 11.3. The van der Waals surface area contributed by atoms with Crippen molar-refractivity contribution in [3.8, 4) is 5.75 Å². The molecule has 1 atom stereocenters. The highest BCUT2D eigenvalue weighted by Gasteiger charge is 2.26. The normalized spacial score (nSPS) is 16.7. The maximum absolute atomic E-state index is 12.1. The molecule has 0 aromatic heterocycles. The monoisotopic (exact) mass is 335 g/mol. The molecule has 1 aliphatic rings. The van der Waals surface area contributed by atoms with Crippen molar-refractivity contribution in [1.29, 1.82) is 0 Å². The van der Waals surface area contributed by atoms with E-state index in [1.165, 1.54) is 0 Å². The Morgan fingerprint density at radius 1 is 1.21 bits per heavy atom. The number of benzene rings is 1. The minimum absolute atomic E-state index is 0.0120. The summed E-state index contributed by atoms with van der Waals surface area (Å²) in [4.78, 5) is 16.1. The molecule has 1 aromatic rings. The lowest BCUT2D eigenvalue weighted by atomic mass is 10.2. The van der Waals surface area contributed by atoms with E-state index in [0.717, 1.165) is 24.5 Å². The molecule has 6 heteroatoms. The van der Waals surface area contributed by atoms with Crippen LogP contribution in [0.3, 0.4) is 0 Å². The number of piperazine rings is 1. The van der Waals surface area contributed by atoms with Gasteiger partial charge in [-0.25, -0.2) is 4.79 Å². The standard InChI is InChI=1S/C18H29N3O3/c1-14(19)13-23-16-8-6-5-7-15(16)20-9-11-21(12-10-20)17(22)24-18(2,3)4/h5-8,14H,9-13,19H2,1-4H3. The van der Waals surface area contributed by atoms with Crippen LogP contribution in [0.4, 0.5) is 10.5 Å². The molecule has 134 valence electrons. The lowest BCUT2D eigenvalue weighted by Gasteiger charge is -2.37. The van der Waals surface area contributed by atoms with E-state index in [2.05, 4.69) is 4.90 Å². The molecule has 0 aliphatic carbocycles. The van der Waals surface area contributed by atoms with Gasteiger partial charge in [0.2, 0.25) is 0 Å². The lowest BCUT2D eigenvalue weighted by molar-refractivity contribution is 0.0240. The molecule has 1 fully saturated rings. The van der Waals surface area contributed by atoms with E-state index in [-0.39, 0.29) is 12.1 Å². The number of anilines is 1. The van der Waals surface area contributed by atoms with Crippen LogP contribution in [0.5, 0.6) is 5.75 Å². The van der Waals surface area contributed by atoms with E-state index in [0.29, 0.717) is 19.7 Å². The Labute approximate surface area is 144 Å². The van der Waals surface area contributed by atoms with Gasteiger partial charge in [0.1, 0.15) is 18.0 Å². The zero-order valence-corrected chi connectivity index (χ0v) is 15.1. The number of hydrogen-bond acceptors (Lipinski definition) is 5. The largest absolute Gasteiger partial charge is 0.490 e. The molecule has 1 saturated heterocycles. The fourth-order valence-corrected chi connectivity index (χ4v) is 2.52. The fraction of sp³-hybridized carbons (Fsp3) is 0.611. The topological polar surface area (TPSA) is 68.0 Å². The Morgan fingerprint density at radius 3 is 2.42 bits per heavy atom. The van der Waals surface area contributed by atoms with Gasteiger partial charge in [-0.3, -0.25) is 0 Å². The van der Waals surface area contributed by atoms with E-state index in [9.17, 15) is 4.79 Å². The third-order valence-electron chi connectivity index (χ3n) is 3.64. The Kier molecular flexibility index (Phi) is 5.94. The number of ether oxygens (including phenoxy) is 2. The second-order valence-electron chi connectivity index (χ2n) is 7.21. The van der Waals surface area contributed by atoms with E-state index < -0.39 is 5.60 Å². The summed E-state index contributed by atoms with van der Waals surface area (Å²) in [6.07, 6.45) is -0.247. The van der Waals surface area contributed by atoms with Gasteiger partial charge in [0.25, 0.3) is 0 Å². The van der Waals surface area contributed by atoms with Gasteiger partial charge in [0, 0.05) is 32.2 Å². The molecule has 0 radical (unpaired) electrons. The van der Waals surface area contributed by atoms with Gasteiger partial charge in [-0.05, 0) is 39.8 Å². The minimum atomic E-state index is -0.465. The van der Waals surface area contributed by atoms with Crippen molar-refractivity contribution in [3.63, 3.8) is 0 Å². The van der Waals surface area contributed by atoms with Crippen molar-refractivity contribution in [2.75, 3.05) is 37.7 Å². The Bertz CT molecular complexity index is 547. The molecule has 6 nitrogen and oxygen atoms in total. The first-order valence-electron chi connectivity index (χ1n) is 8.46. The summed E-state index contributed by atoms with van der Waals surface area (Å²) in [5.74, 6) is 0.834. The van der Waals surface area contributed by atoms with E-state index in [4.69, 9.17) is 15.2 Å². The summed E-state index contributed by atoms with van der Waals surface area (Å²) < 4.78 is 11.3. The number of rotatable bonds is 4. The zero-order chi connectivity index (χ0) is 17.7. The quantitative estimate of drug-likeness (QED) is 0.915. The Balaban J connectivity index is 1.96. The molecule has 1 aliphatic heterocycles. The molecular formula is C18H29N3O3. The second-order valence-corrected chi connectivity index (χ2v) is 7.21. The van der Waals surface area contributed by atoms with Crippen molar-refractivity contribution in [2.45, 2.75) is 39.3 Å². The Hall–Kier alpha value is -1.95. The summed E-state index contributed by atoms with van der Waals surface area (Å²) in [6.45, 7) is 10.8. The molecule has 1 unspecified atom stereocenters. The van der Waals surface area contributed by atoms with Crippen LogP contribution in [0.25, 0.3) is 0 Å². The van der Waals surface area contributed by atoms with Crippen molar-refractivity contribution in [1.82, 2.24) is 4.90 Å². The van der Waals surface area contributed by atoms with Crippen molar-refractivity contribution in [2.24, 2.45) is 5.73 Å². The fourth-order valence-electron chi connectivity index (χ4n) is 2.52. The van der Waals surface area contributed by atoms with Crippen LogP contribution in [0, 0.1) is 0 Å². The summed E-state index contributed by atoms with van der Waals surface area (Å²) in [6, 6.07) is 7.94. The number of nitrogens with zero attached hydrogens (tertiary/aromatic N) is 2. The first kappa shape index (κ1) is 18.4. The summed E-state index contributed by atoms with van der Waals surface area (Å²) in [7, 11) is 0. The maximum atomic E-state index is 12.1. The highest BCUT2D eigenvalue weighted by atomic mass is 16.6. The molecule has 1 aromatic carbocycles. The Morgan fingerprint density at radius 2 is 1.83 bits per heavy atom. The van der Waals surface area contributed by atoms with Crippen LogP contribution in [0.2, 0.25) is 0 Å². The average Bonchev–Trinajstić information content (AvgIpc) is 2.52. The average molecular weight is 335 g/mol. The van der Waals surface area contributed by atoms with Gasteiger partial charge in [-0.15, -0.1) is 0 Å². The van der Waals surface area contributed by atoms with Crippen LogP contribution < -0.4 is 15.4 Å². The molecule has 0 spiro atoms. The van der Waals surface area contributed by atoms with Crippen LogP contribution in [-0.4, -0.2) is 55.4 Å². The van der Waals surface area contributed by atoms with Gasteiger partial charge in [-0.2, -0.15) is 0 Å². The number of nitrogens with two attached hydrogens (primary N) is 1. The third kappa shape index (κ3) is 5.30. The van der Waals surface area contributed by atoms with Crippen LogP contribution in [0.1, 0.15) is 27.7 Å². The van der Waals surface area contributed by atoms with Gasteiger partial charge in [0.15, 0.2) is 0 Å². The van der Waals surface area contributed by atoms with E-state index in [1.807, 2.05) is 52.0 Å². The first-order valence-corrected chi connectivity index (χ1v) is 8.46. The van der Waals surface area contributed by atoms with Crippen LogP contribution in [-0.2, 0) is 4.74 Å². The maximum Gasteiger partial charge on any atom is 0.410 e. The number of carbonyl (C=O) groups is 1. The van der Waals surface area contributed by atoms with Gasteiger partial charge in [0.05, 0.1) is 5.69 Å². The number of carbonyl (C=O) groups excluding carboxylic acids is 1. The summed E-state index contributed by atoms with van der Waals surface area (Å²) in [5, 5.41) is 0. The zero-order valence-electron chi connectivity index (χ0n) is 15.1. The predicted molar refractivity (Wildman–Crippen MR) is 95.6 cm³/mol. The van der Waals surface area contributed by atoms with E-state index >= 15 is 0 Å². The highest BCUT2D eigenvalue weighted by Crippen LogP contribution is 2.29. The summed E-state index contributed by atoms with van der Waals surface area (Å²) >= 11 is 0. The second kappa shape index (κ2) is 7.75. The van der Waals surface area contributed by atoms with E-state index in [1.54, 1.807) is 4.90 Å². The molecule has 2 rings (SSSR count). The molecular weight excluding hydrogens is 306 g/mol. The SMILES string of the molecule is CC(N)COc1ccccc1N1CCN(C(=O)OC(C)(C)C)CC1. The van der Waals surface area contributed by atoms with Crippen LogP contribution >= 0.6 is 0 Å². The molecule has 1 amide bonds. The number of para-hydroxylation sites is 2. The molecule has 2 N–H and O–H groups in total. The third-order valence-corrected chi connectivity index (χ3v) is 3.64. The molecule has 0 bridgehead atoms. The lowest BCUT2D eigenvalue weighted by Crippen LogP contribution is -2.50. The molecule has 0 saturated carbocycles. The van der Waals surface area contributed by atoms with Gasteiger partial charge >= 0.3 is 6.09 Å². The minimum Gasteiger partial charge on any atom is -0.490 e. The predicted octanol–water partition coefficient (Wildman–Crippen LogP) is 2.47. The van der Waals surface area contributed by atoms with Crippen molar-refractivity contribution < 1.29 is 14.3 Å². The van der Waals surface area contributed by atoms with Gasteiger partial charge in [-0.1, -0.05) is 12.1 Å². The molecule has 24 heavy (non-hydrogen) atoms. The van der Waals surface area contributed by atoms with Crippen molar-refractivity contribution in [3.05, 3.63) is 24.3 Å². The number of hydrogen-bond donors (Lipinski definition) is 1. The molecule has 1 heterocycles. The summed E-state index contributed by atoms with van der Waals surface area (Å²) in [5.41, 5.74) is 6.35.